The third kappa shape index (κ3) is 4.77. The number of aliphatic hydroxyl groups is 2. The molecule has 1 aromatic carbocycles. The first-order chi connectivity index (χ1) is 9.00. The Morgan fingerprint density at radius 1 is 0.950 bits per heavy atom. The summed E-state index contributed by atoms with van der Waals surface area (Å²) in [6.07, 6.45) is 3.46. The van der Waals surface area contributed by atoms with Crippen molar-refractivity contribution in [1.82, 2.24) is 0 Å². The average Bonchev–Trinajstić information content (AvgIpc) is 2.26. The van der Waals surface area contributed by atoms with E-state index in [9.17, 15) is 0 Å². The first kappa shape index (κ1) is 16.9. The lowest BCUT2D eigenvalue weighted by Crippen LogP contribution is -2.44. The Balaban J connectivity index is 0.000000221. The molecule has 0 saturated heterocycles. The van der Waals surface area contributed by atoms with Crippen LogP contribution in [-0.2, 0) is 12.8 Å². The van der Waals surface area contributed by atoms with Crippen LogP contribution in [0.4, 0.5) is 0 Å². The van der Waals surface area contributed by atoms with Crippen molar-refractivity contribution in [3.05, 3.63) is 47.0 Å². The van der Waals surface area contributed by atoms with Gasteiger partial charge in [-0.25, -0.2) is 0 Å². The molecule has 0 bridgehead atoms. The van der Waals surface area contributed by atoms with Gasteiger partial charge in [0.2, 0.25) is 0 Å². The van der Waals surface area contributed by atoms with Gasteiger partial charge in [-0.3, -0.25) is 0 Å². The maximum Gasteiger partial charge on any atom is 0.0872 e. The zero-order valence-electron chi connectivity index (χ0n) is 13.5. The van der Waals surface area contributed by atoms with E-state index in [0.717, 1.165) is 6.42 Å². The molecule has 0 unspecified atom stereocenters. The molecule has 1 aliphatic rings. The predicted molar refractivity (Wildman–Crippen MR) is 84.9 cm³/mol. The van der Waals surface area contributed by atoms with Crippen molar-refractivity contribution in [3.8, 4) is 0 Å². The Hall–Kier alpha value is -1.12. The lowest BCUT2D eigenvalue weighted by atomic mass is 9.88. The van der Waals surface area contributed by atoms with Crippen molar-refractivity contribution < 1.29 is 10.2 Å². The van der Waals surface area contributed by atoms with Crippen LogP contribution in [0.1, 0.15) is 50.8 Å². The summed E-state index contributed by atoms with van der Waals surface area (Å²) in [4.78, 5) is 0. The topological polar surface area (TPSA) is 40.5 Å². The van der Waals surface area contributed by atoms with Gasteiger partial charge in [-0.05, 0) is 65.0 Å². The Morgan fingerprint density at radius 3 is 2.00 bits per heavy atom. The zero-order chi connectivity index (χ0) is 15.6. The molecule has 2 nitrogen and oxygen atoms in total. The van der Waals surface area contributed by atoms with Gasteiger partial charge in [-0.15, -0.1) is 0 Å². The monoisotopic (exact) mass is 276 g/mol. The van der Waals surface area contributed by atoms with Gasteiger partial charge in [0.25, 0.3) is 0 Å². The highest BCUT2D eigenvalue weighted by Gasteiger charge is 2.31. The second-order valence-corrected chi connectivity index (χ2v) is 6.82. The molecule has 2 heteroatoms. The summed E-state index contributed by atoms with van der Waals surface area (Å²) >= 11 is 0. The van der Waals surface area contributed by atoms with Gasteiger partial charge in [0.1, 0.15) is 0 Å². The highest BCUT2D eigenvalue weighted by molar-refractivity contribution is 5.37. The van der Waals surface area contributed by atoms with Gasteiger partial charge in [0.15, 0.2) is 0 Å². The zero-order valence-corrected chi connectivity index (χ0v) is 13.5. The largest absolute Gasteiger partial charge is 0.387 e. The molecule has 0 heterocycles. The molecule has 0 saturated carbocycles. The van der Waals surface area contributed by atoms with Crippen molar-refractivity contribution in [2.75, 3.05) is 0 Å². The fraction of sp³-hybridized carbons (Fsp3) is 0.556. The van der Waals surface area contributed by atoms with Crippen molar-refractivity contribution in [3.63, 3.8) is 0 Å². The maximum absolute atomic E-state index is 9.10. The molecule has 112 valence electrons. The molecular weight excluding hydrogens is 248 g/mol. The third-order valence-corrected chi connectivity index (χ3v) is 4.05. The molecule has 0 amide bonds. The first-order valence-corrected chi connectivity index (χ1v) is 7.20. The SMILES string of the molecule is C=C1CCc2ccc(C)cc2C1.CC(C)(O)C(C)(C)O. The molecule has 0 spiro atoms. The van der Waals surface area contributed by atoms with Crippen LogP contribution in [0.15, 0.2) is 30.4 Å². The minimum atomic E-state index is -1.01. The van der Waals surface area contributed by atoms with Crippen molar-refractivity contribution in [1.29, 1.82) is 0 Å². The second-order valence-electron chi connectivity index (χ2n) is 6.82. The van der Waals surface area contributed by atoms with E-state index in [4.69, 9.17) is 10.2 Å². The van der Waals surface area contributed by atoms with Crippen LogP contribution in [-0.4, -0.2) is 21.4 Å². The molecular formula is C18H28O2. The number of aryl methyl sites for hydroxylation is 2. The minimum absolute atomic E-state index is 1.01. The number of rotatable bonds is 1. The number of hydrogen-bond acceptors (Lipinski definition) is 2. The summed E-state index contributed by atoms with van der Waals surface area (Å²) in [6, 6.07) is 6.75. The lowest BCUT2D eigenvalue weighted by molar-refractivity contribution is -0.107. The van der Waals surface area contributed by atoms with Gasteiger partial charge in [-0.1, -0.05) is 35.9 Å². The summed E-state index contributed by atoms with van der Waals surface area (Å²) in [7, 11) is 0. The van der Waals surface area contributed by atoms with Crippen LogP contribution in [0.2, 0.25) is 0 Å². The number of fused-ring (bicyclic) bond motifs is 1. The molecule has 0 fully saturated rings. The molecule has 0 aromatic heterocycles. The van der Waals surface area contributed by atoms with Crippen molar-refractivity contribution in [2.24, 2.45) is 0 Å². The van der Waals surface area contributed by atoms with E-state index in [1.807, 2.05) is 0 Å². The van der Waals surface area contributed by atoms with E-state index in [1.54, 1.807) is 27.7 Å². The standard InChI is InChI=1S/C12H14.C6H14O2/c1-9-3-5-11-6-4-10(2)8-12(11)7-9;1-5(2,7)6(3,4)8/h4,6,8H,1,3,5,7H2,2H3;7-8H,1-4H3. The maximum atomic E-state index is 9.10. The Labute approximate surface area is 123 Å². The lowest BCUT2D eigenvalue weighted by Gasteiger charge is -2.31. The molecule has 20 heavy (non-hydrogen) atoms. The van der Waals surface area contributed by atoms with E-state index in [-0.39, 0.29) is 0 Å². The van der Waals surface area contributed by atoms with E-state index >= 15 is 0 Å². The minimum Gasteiger partial charge on any atom is -0.387 e. The Kier molecular flexibility index (Phi) is 5.17. The number of benzene rings is 1. The fourth-order valence-electron chi connectivity index (χ4n) is 1.83. The summed E-state index contributed by atoms with van der Waals surface area (Å²) in [5.74, 6) is 0. The van der Waals surface area contributed by atoms with Gasteiger partial charge in [0.05, 0.1) is 11.2 Å². The van der Waals surface area contributed by atoms with Gasteiger partial charge in [0, 0.05) is 0 Å². The third-order valence-electron chi connectivity index (χ3n) is 4.05. The Bertz CT molecular complexity index is 461. The summed E-state index contributed by atoms with van der Waals surface area (Å²) in [6.45, 7) is 12.5. The van der Waals surface area contributed by atoms with Crippen LogP contribution in [0.3, 0.4) is 0 Å². The molecule has 1 aromatic rings. The van der Waals surface area contributed by atoms with E-state index < -0.39 is 11.2 Å². The molecule has 0 aliphatic heterocycles. The van der Waals surface area contributed by atoms with E-state index in [0.29, 0.717) is 0 Å². The van der Waals surface area contributed by atoms with Gasteiger partial charge >= 0.3 is 0 Å². The second kappa shape index (κ2) is 6.11. The molecule has 2 N–H and O–H groups in total. The average molecular weight is 276 g/mol. The van der Waals surface area contributed by atoms with Crippen LogP contribution in [0.25, 0.3) is 0 Å². The fourth-order valence-corrected chi connectivity index (χ4v) is 1.83. The molecule has 0 atom stereocenters. The highest BCUT2D eigenvalue weighted by atomic mass is 16.3. The van der Waals surface area contributed by atoms with Gasteiger partial charge in [-0.2, -0.15) is 0 Å². The van der Waals surface area contributed by atoms with Crippen LogP contribution in [0.5, 0.6) is 0 Å². The first-order valence-electron chi connectivity index (χ1n) is 7.20. The van der Waals surface area contributed by atoms with Crippen molar-refractivity contribution >= 4 is 0 Å². The van der Waals surface area contributed by atoms with E-state index in [2.05, 4.69) is 31.7 Å². The Morgan fingerprint density at radius 2 is 1.50 bits per heavy atom. The van der Waals surface area contributed by atoms with Gasteiger partial charge < -0.3 is 10.2 Å². The predicted octanol–water partition coefficient (Wildman–Crippen LogP) is 3.57. The quantitative estimate of drug-likeness (QED) is 0.770. The highest BCUT2D eigenvalue weighted by Crippen LogP contribution is 2.24. The normalized spacial score (nSPS) is 15.2. The smallest absolute Gasteiger partial charge is 0.0872 e. The molecule has 0 radical (unpaired) electrons. The number of hydrogen-bond donors (Lipinski definition) is 2. The summed E-state index contributed by atoms with van der Waals surface area (Å²) < 4.78 is 0. The summed E-state index contributed by atoms with van der Waals surface area (Å²) in [5, 5.41) is 18.2. The van der Waals surface area contributed by atoms with Crippen molar-refractivity contribution in [2.45, 2.75) is 65.1 Å². The van der Waals surface area contributed by atoms with Crippen LogP contribution < -0.4 is 0 Å². The molecule has 1 aliphatic carbocycles. The summed E-state index contributed by atoms with van der Waals surface area (Å²) in [5.41, 5.74) is 3.75. The van der Waals surface area contributed by atoms with Crippen LogP contribution in [0, 0.1) is 6.92 Å². The number of allylic oxidation sites excluding steroid dienone is 1. The molecule has 2 rings (SSSR count). The van der Waals surface area contributed by atoms with E-state index in [1.165, 1.54) is 35.1 Å². The van der Waals surface area contributed by atoms with Crippen LogP contribution >= 0.6 is 0 Å².